The number of carbonyl (C=O) groups is 2. The van der Waals surface area contributed by atoms with Gasteiger partial charge in [0.15, 0.2) is 0 Å². The van der Waals surface area contributed by atoms with Crippen LogP contribution in [-0.4, -0.2) is 78.3 Å². The Hall–Kier alpha value is -3.70. The maximum absolute atomic E-state index is 10.7. The number of aryl methyl sites for hydroxylation is 1. The van der Waals surface area contributed by atoms with E-state index >= 15 is 0 Å². The van der Waals surface area contributed by atoms with Crippen molar-refractivity contribution in [3.63, 3.8) is 0 Å². The number of benzene rings is 1. The van der Waals surface area contributed by atoms with Crippen molar-refractivity contribution in [1.29, 1.82) is 0 Å². The van der Waals surface area contributed by atoms with Crippen LogP contribution in [-0.2, 0) is 22.7 Å². The first kappa shape index (κ1) is 27.9. The molecule has 0 unspecified atom stereocenters. The number of aliphatic hydroxyl groups excluding tert-OH is 1. The fraction of sp³-hybridized carbons (Fsp3) is 0.462. The van der Waals surface area contributed by atoms with Crippen LogP contribution in [0.2, 0.25) is 0 Å². The first-order chi connectivity index (χ1) is 18.1. The molecular formula is C26H35N5O6. The van der Waals surface area contributed by atoms with Crippen molar-refractivity contribution in [3.05, 3.63) is 67.0 Å². The van der Waals surface area contributed by atoms with Gasteiger partial charge in [-0.15, -0.1) is 0 Å². The second kappa shape index (κ2) is 14.8. The summed E-state index contributed by atoms with van der Waals surface area (Å²) in [5.74, 6) is 2.14. The van der Waals surface area contributed by atoms with Crippen molar-refractivity contribution < 1.29 is 29.6 Å². The smallest absolute Gasteiger partial charge is 0.290 e. The van der Waals surface area contributed by atoms with Gasteiger partial charge in [0.1, 0.15) is 5.75 Å². The molecule has 1 aliphatic heterocycles. The van der Waals surface area contributed by atoms with Crippen molar-refractivity contribution in [2.75, 3.05) is 19.7 Å². The molecule has 11 heteroatoms. The number of carboxylic acid groups (broad SMARTS) is 2. The molecule has 1 aromatic carbocycles. The Morgan fingerprint density at radius 1 is 1.03 bits per heavy atom. The first-order valence-electron chi connectivity index (χ1n) is 12.3. The Labute approximate surface area is 215 Å². The standard InChI is InChI=1S/C24H31N5O2.2CH2O2/c30-24-14-21-17-28(16-20(21)13-23(24)29-9-2-6-26-29)15-19-4-1-5-22(12-19)31-11-3-8-27-10-7-25-18-27;2*2-1-3/h1-2,4-7,9-10,12,18,20-21,23-24,30H,3,8,11,13-17H2;2*1H,(H,2,3)/t20-,21+,23-,24-;;/m1../s1. The average molecular weight is 514 g/mol. The molecule has 0 spiro atoms. The maximum Gasteiger partial charge on any atom is 0.290 e. The summed E-state index contributed by atoms with van der Waals surface area (Å²) in [6, 6.07) is 10.5. The molecule has 1 saturated heterocycles. The van der Waals surface area contributed by atoms with Gasteiger partial charge in [-0.2, -0.15) is 5.10 Å². The Morgan fingerprint density at radius 2 is 1.78 bits per heavy atom. The van der Waals surface area contributed by atoms with Crippen LogP contribution in [0.1, 0.15) is 30.9 Å². The number of aromatic nitrogens is 4. The minimum absolute atomic E-state index is 0.107. The van der Waals surface area contributed by atoms with Gasteiger partial charge in [-0.05, 0) is 54.9 Å². The van der Waals surface area contributed by atoms with E-state index < -0.39 is 0 Å². The van der Waals surface area contributed by atoms with E-state index in [1.165, 1.54) is 5.56 Å². The van der Waals surface area contributed by atoms with E-state index in [-0.39, 0.29) is 25.1 Å². The van der Waals surface area contributed by atoms with Crippen LogP contribution < -0.4 is 4.74 Å². The van der Waals surface area contributed by atoms with Crippen molar-refractivity contribution in [2.45, 2.75) is 44.5 Å². The molecule has 2 fully saturated rings. The molecule has 0 amide bonds. The summed E-state index contributed by atoms with van der Waals surface area (Å²) >= 11 is 0. The molecule has 3 aromatic rings. The second-order valence-electron chi connectivity index (χ2n) is 9.17. The van der Waals surface area contributed by atoms with Gasteiger partial charge < -0.3 is 24.6 Å². The number of ether oxygens (including phenoxy) is 1. The fourth-order valence-corrected chi connectivity index (χ4v) is 5.24. The van der Waals surface area contributed by atoms with Crippen LogP contribution >= 0.6 is 0 Å². The number of likely N-dealkylation sites (tertiary alicyclic amines) is 1. The Bertz CT molecular complexity index is 1040. The Kier molecular flexibility index (Phi) is 11.1. The highest BCUT2D eigenvalue weighted by Gasteiger charge is 2.42. The van der Waals surface area contributed by atoms with Crippen molar-refractivity contribution >= 4 is 12.9 Å². The summed E-state index contributed by atoms with van der Waals surface area (Å²) in [6.45, 7) is 4.19. The molecule has 2 aromatic heterocycles. The molecule has 0 radical (unpaired) electrons. The van der Waals surface area contributed by atoms with Gasteiger partial charge in [0.05, 0.1) is 25.1 Å². The van der Waals surface area contributed by atoms with Crippen molar-refractivity contribution in [2.24, 2.45) is 11.8 Å². The van der Waals surface area contributed by atoms with Crippen molar-refractivity contribution in [1.82, 2.24) is 24.2 Å². The van der Waals surface area contributed by atoms with Gasteiger partial charge in [0.25, 0.3) is 12.9 Å². The normalized spacial score (nSPS) is 22.5. The molecule has 11 nitrogen and oxygen atoms in total. The number of aliphatic hydroxyl groups is 1. The zero-order valence-corrected chi connectivity index (χ0v) is 20.7. The van der Waals surface area contributed by atoms with Gasteiger partial charge in [0, 0.05) is 51.0 Å². The average Bonchev–Trinajstić information content (AvgIpc) is 3.65. The molecule has 37 heavy (non-hydrogen) atoms. The maximum atomic E-state index is 10.7. The molecule has 1 aliphatic carbocycles. The van der Waals surface area contributed by atoms with Crippen LogP contribution in [0, 0.1) is 11.8 Å². The van der Waals surface area contributed by atoms with E-state index in [0.29, 0.717) is 18.4 Å². The SMILES string of the molecule is O=CO.O=CO.O[C@@H]1C[C@H]2CN(Cc3cccc(OCCCn4ccnc4)c3)C[C@H]2C[C@H]1n1cccn1. The lowest BCUT2D eigenvalue weighted by molar-refractivity contribution is -0.123. The van der Waals surface area contributed by atoms with Gasteiger partial charge >= 0.3 is 0 Å². The number of imidazole rings is 1. The molecule has 3 N–H and O–H groups in total. The van der Waals surface area contributed by atoms with E-state index in [4.69, 9.17) is 24.5 Å². The molecule has 5 rings (SSSR count). The zero-order chi connectivity index (χ0) is 26.5. The number of nitrogens with zero attached hydrogens (tertiary/aromatic N) is 5. The van der Waals surface area contributed by atoms with E-state index in [1.807, 2.05) is 35.5 Å². The van der Waals surface area contributed by atoms with E-state index in [0.717, 1.165) is 51.2 Å². The summed E-state index contributed by atoms with van der Waals surface area (Å²) < 4.78 is 9.99. The number of hydrogen-bond acceptors (Lipinski definition) is 7. The lowest BCUT2D eigenvalue weighted by atomic mass is 9.77. The summed E-state index contributed by atoms with van der Waals surface area (Å²) in [4.78, 5) is 23.3. The highest BCUT2D eigenvalue weighted by atomic mass is 16.5. The highest BCUT2D eigenvalue weighted by Crippen LogP contribution is 2.41. The van der Waals surface area contributed by atoms with Crippen LogP contribution in [0.4, 0.5) is 0 Å². The third kappa shape index (κ3) is 8.43. The summed E-state index contributed by atoms with van der Waals surface area (Å²) in [5, 5.41) is 28.8. The monoisotopic (exact) mass is 513 g/mol. The molecular weight excluding hydrogens is 478 g/mol. The summed E-state index contributed by atoms with van der Waals surface area (Å²) in [6.07, 6.45) is 11.9. The topological polar surface area (TPSA) is 143 Å². The first-order valence-corrected chi connectivity index (χ1v) is 12.3. The van der Waals surface area contributed by atoms with E-state index in [2.05, 4.69) is 37.7 Å². The quantitative estimate of drug-likeness (QED) is 0.306. The predicted octanol–water partition coefficient (Wildman–Crippen LogP) is 2.39. The van der Waals surface area contributed by atoms with Gasteiger partial charge in [-0.3, -0.25) is 19.2 Å². The van der Waals surface area contributed by atoms with Gasteiger partial charge in [-0.25, -0.2) is 4.98 Å². The van der Waals surface area contributed by atoms with E-state index in [1.54, 1.807) is 12.4 Å². The van der Waals surface area contributed by atoms with Crippen LogP contribution in [0.5, 0.6) is 5.75 Å². The molecule has 0 bridgehead atoms. The van der Waals surface area contributed by atoms with Gasteiger partial charge in [-0.1, -0.05) is 12.1 Å². The largest absolute Gasteiger partial charge is 0.494 e. The fourth-order valence-electron chi connectivity index (χ4n) is 5.24. The number of rotatable bonds is 8. The van der Waals surface area contributed by atoms with Crippen molar-refractivity contribution in [3.8, 4) is 5.75 Å². The van der Waals surface area contributed by atoms with Crippen LogP contribution in [0.25, 0.3) is 0 Å². The Morgan fingerprint density at radius 3 is 2.46 bits per heavy atom. The zero-order valence-electron chi connectivity index (χ0n) is 20.7. The molecule has 2 aliphatic rings. The van der Waals surface area contributed by atoms with E-state index in [9.17, 15) is 5.11 Å². The molecule has 3 heterocycles. The Balaban J connectivity index is 0.000000580. The third-order valence-electron chi connectivity index (χ3n) is 6.74. The molecule has 200 valence electrons. The van der Waals surface area contributed by atoms with Crippen LogP contribution in [0.15, 0.2) is 61.4 Å². The minimum atomic E-state index is -0.305. The second-order valence-corrected chi connectivity index (χ2v) is 9.17. The highest BCUT2D eigenvalue weighted by molar-refractivity contribution is 5.33. The summed E-state index contributed by atoms with van der Waals surface area (Å²) in [5.41, 5.74) is 1.29. The minimum Gasteiger partial charge on any atom is -0.494 e. The summed E-state index contributed by atoms with van der Waals surface area (Å²) in [7, 11) is 0. The lowest BCUT2D eigenvalue weighted by Crippen LogP contribution is -2.36. The predicted molar refractivity (Wildman–Crippen MR) is 135 cm³/mol. The lowest BCUT2D eigenvalue weighted by Gasteiger charge is -2.35. The van der Waals surface area contributed by atoms with Crippen LogP contribution in [0.3, 0.4) is 0 Å². The number of fused-ring (bicyclic) bond motifs is 1. The number of hydrogen-bond donors (Lipinski definition) is 3. The molecule has 1 saturated carbocycles. The van der Waals surface area contributed by atoms with Gasteiger partial charge in [0.2, 0.25) is 0 Å². The molecule has 4 atom stereocenters. The third-order valence-corrected chi connectivity index (χ3v) is 6.74.